The van der Waals surface area contributed by atoms with Crippen molar-refractivity contribution in [2.24, 2.45) is 5.92 Å². The molecule has 0 aliphatic carbocycles. The highest BCUT2D eigenvalue weighted by Gasteiger charge is 2.38. The van der Waals surface area contributed by atoms with E-state index in [4.69, 9.17) is 0 Å². The molecule has 0 saturated carbocycles. The molecule has 2 rings (SSSR count). The second kappa shape index (κ2) is 5.42. The highest BCUT2D eigenvalue weighted by atomic mass is 32.2. The fourth-order valence-electron chi connectivity index (χ4n) is 2.59. The van der Waals surface area contributed by atoms with E-state index in [1.165, 1.54) is 8.61 Å². The third-order valence-corrected chi connectivity index (χ3v) is 6.07. The van der Waals surface area contributed by atoms with Crippen molar-refractivity contribution >= 4 is 10.2 Å². The van der Waals surface area contributed by atoms with Crippen LogP contribution in [-0.4, -0.2) is 67.5 Å². The number of likely N-dealkylation sites (N-methyl/N-ethyl adjacent to an activating group) is 1. The molecule has 2 fully saturated rings. The lowest BCUT2D eigenvalue weighted by atomic mass is 10.0. The van der Waals surface area contributed by atoms with Crippen molar-refractivity contribution in [3.63, 3.8) is 0 Å². The molecule has 0 aromatic carbocycles. The minimum absolute atomic E-state index is 0.352. The Labute approximate surface area is 109 Å². The van der Waals surface area contributed by atoms with E-state index in [0.29, 0.717) is 32.1 Å². The van der Waals surface area contributed by atoms with Crippen molar-refractivity contribution in [1.29, 1.82) is 0 Å². The van der Waals surface area contributed by atoms with Crippen LogP contribution in [0.1, 0.15) is 19.8 Å². The van der Waals surface area contributed by atoms with Crippen LogP contribution in [0.2, 0.25) is 0 Å². The van der Waals surface area contributed by atoms with Crippen molar-refractivity contribution in [3.8, 4) is 0 Å². The highest BCUT2D eigenvalue weighted by Crippen LogP contribution is 2.22. The Morgan fingerprint density at radius 2 is 1.89 bits per heavy atom. The second-order valence-corrected chi connectivity index (χ2v) is 7.39. The van der Waals surface area contributed by atoms with Gasteiger partial charge in [0.15, 0.2) is 0 Å². The van der Waals surface area contributed by atoms with Gasteiger partial charge in [-0.15, -0.1) is 0 Å². The van der Waals surface area contributed by atoms with Crippen molar-refractivity contribution in [3.05, 3.63) is 0 Å². The zero-order valence-corrected chi connectivity index (χ0v) is 11.9. The summed E-state index contributed by atoms with van der Waals surface area (Å²) >= 11 is 0. The van der Waals surface area contributed by atoms with Gasteiger partial charge in [-0.3, -0.25) is 0 Å². The van der Waals surface area contributed by atoms with Crippen LogP contribution >= 0.6 is 0 Å². The van der Waals surface area contributed by atoms with Gasteiger partial charge < -0.3 is 10.4 Å². The van der Waals surface area contributed by atoms with E-state index in [9.17, 15) is 13.5 Å². The third-order valence-electron chi connectivity index (χ3n) is 4.05. The number of aliphatic hydroxyl groups excluding tert-OH is 1. The Balaban J connectivity index is 2.05. The molecule has 7 heteroatoms. The van der Waals surface area contributed by atoms with E-state index in [0.717, 1.165) is 12.8 Å². The predicted molar refractivity (Wildman–Crippen MR) is 69.3 cm³/mol. The van der Waals surface area contributed by atoms with Crippen LogP contribution in [0.15, 0.2) is 0 Å². The number of rotatable bonds is 3. The molecule has 0 aromatic heterocycles. The number of hydrogen-bond acceptors (Lipinski definition) is 4. The molecule has 0 spiro atoms. The average molecular weight is 277 g/mol. The Morgan fingerprint density at radius 1 is 1.28 bits per heavy atom. The standard InChI is InChI=1S/C11H23N3O3S/c1-9-3-5-14(6-4-9)18(16,17)13(2)10-7-12-8-11(10)15/h9-12,15H,3-8H2,1-2H3/t10-,11-/m1/s1. The van der Waals surface area contributed by atoms with Crippen LogP contribution in [0.5, 0.6) is 0 Å². The predicted octanol–water partition coefficient (Wildman–Crippen LogP) is -0.772. The number of aliphatic hydroxyl groups is 1. The quantitative estimate of drug-likeness (QED) is 0.710. The van der Waals surface area contributed by atoms with E-state index >= 15 is 0 Å². The molecule has 2 atom stereocenters. The summed E-state index contributed by atoms with van der Waals surface area (Å²) in [6.45, 7) is 4.30. The first-order valence-corrected chi connectivity index (χ1v) is 7.94. The zero-order chi connectivity index (χ0) is 13.3. The first kappa shape index (κ1) is 14.2. The van der Waals surface area contributed by atoms with Crippen LogP contribution < -0.4 is 5.32 Å². The van der Waals surface area contributed by atoms with Gasteiger partial charge in [-0.25, -0.2) is 0 Å². The van der Waals surface area contributed by atoms with Gasteiger partial charge in [0, 0.05) is 33.2 Å². The molecule has 0 amide bonds. The van der Waals surface area contributed by atoms with Gasteiger partial charge in [-0.2, -0.15) is 17.0 Å². The van der Waals surface area contributed by atoms with Gasteiger partial charge in [0.2, 0.25) is 0 Å². The van der Waals surface area contributed by atoms with Gasteiger partial charge in [-0.1, -0.05) is 6.92 Å². The molecule has 0 radical (unpaired) electrons. The fourth-order valence-corrected chi connectivity index (χ4v) is 4.18. The summed E-state index contributed by atoms with van der Waals surface area (Å²) in [6.07, 6.45) is 1.21. The molecule has 2 N–H and O–H groups in total. The summed E-state index contributed by atoms with van der Waals surface area (Å²) in [5.41, 5.74) is 0. The molecule has 106 valence electrons. The van der Waals surface area contributed by atoms with E-state index in [1.54, 1.807) is 7.05 Å². The lowest BCUT2D eigenvalue weighted by molar-refractivity contribution is 0.131. The van der Waals surface area contributed by atoms with Crippen molar-refractivity contribution < 1.29 is 13.5 Å². The molecule has 2 aliphatic rings. The summed E-state index contributed by atoms with van der Waals surface area (Å²) in [5.74, 6) is 0.598. The highest BCUT2D eigenvalue weighted by molar-refractivity contribution is 7.86. The van der Waals surface area contributed by atoms with Gasteiger partial charge in [0.05, 0.1) is 12.1 Å². The van der Waals surface area contributed by atoms with Gasteiger partial charge >= 0.3 is 0 Å². The van der Waals surface area contributed by atoms with Crippen LogP contribution in [-0.2, 0) is 10.2 Å². The number of hydrogen-bond donors (Lipinski definition) is 2. The molecule has 0 unspecified atom stereocenters. The van der Waals surface area contributed by atoms with E-state index < -0.39 is 16.3 Å². The van der Waals surface area contributed by atoms with Crippen molar-refractivity contribution in [2.45, 2.75) is 31.9 Å². The van der Waals surface area contributed by atoms with Crippen LogP contribution in [0.25, 0.3) is 0 Å². The number of piperidine rings is 1. The van der Waals surface area contributed by atoms with Gasteiger partial charge in [0.25, 0.3) is 10.2 Å². The summed E-state index contributed by atoms with van der Waals surface area (Å²) < 4.78 is 27.7. The van der Waals surface area contributed by atoms with Gasteiger partial charge in [-0.05, 0) is 18.8 Å². The van der Waals surface area contributed by atoms with Gasteiger partial charge in [0.1, 0.15) is 0 Å². The minimum atomic E-state index is -3.44. The van der Waals surface area contributed by atoms with E-state index in [2.05, 4.69) is 12.2 Å². The Hall–Kier alpha value is -0.210. The molecule has 0 bridgehead atoms. The van der Waals surface area contributed by atoms with Crippen LogP contribution in [0, 0.1) is 5.92 Å². The maximum atomic E-state index is 12.4. The number of nitrogens with zero attached hydrogens (tertiary/aromatic N) is 2. The van der Waals surface area contributed by atoms with Crippen molar-refractivity contribution in [1.82, 2.24) is 13.9 Å². The molecular formula is C11H23N3O3S. The molecule has 2 aliphatic heterocycles. The summed E-state index contributed by atoms with van der Waals surface area (Å²) in [6, 6.07) is -0.352. The zero-order valence-electron chi connectivity index (χ0n) is 11.0. The molecule has 2 saturated heterocycles. The first-order chi connectivity index (χ1) is 8.43. The molecule has 18 heavy (non-hydrogen) atoms. The third kappa shape index (κ3) is 2.70. The summed E-state index contributed by atoms with van der Waals surface area (Å²) in [7, 11) is -1.87. The molecule has 0 aromatic rings. The van der Waals surface area contributed by atoms with E-state index in [1.807, 2.05) is 0 Å². The molecular weight excluding hydrogens is 254 g/mol. The topological polar surface area (TPSA) is 72.9 Å². The largest absolute Gasteiger partial charge is 0.390 e. The second-order valence-electron chi connectivity index (χ2n) is 5.40. The normalized spacial score (nSPS) is 32.2. The summed E-state index contributed by atoms with van der Waals surface area (Å²) in [4.78, 5) is 0. The maximum Gasteiger partial charge on any atom is 0.282 e. The fraction of sp³-hybridized carbons (Fsp3) is 1.00. The Morgan fingerprint density at radius 3 is 2.39 bits per heavy atom. The lowest BCUT2D eigenvalue weighted by Gasteiger charge is -2.35. The summed E-state index contributed by atoms with van der Waals surface area (Å²) in [5, 5.41) is 12.8. The number of nitrogens with one attached hydrogen (secondary N) is 1. The van der Waals surface area contributed by atoms with Crippen LogP contribution in [0.3, 0.4) is 0 Å². The number of β-amino-alcohol motifs (C(OH)–C–C–N with tert-alkyl or cyclic N) is 1. The first-order valence-electron chi connectivity index (χ1n) is 6.55. The molecule has 2 heterocycles. The van der Waals surface area contributed by atoms with Crippen LogP contribution in [0.4, 0.5) is 0 Å². The van der Waals surface area contributed by atoms with Crippen molar-refractivity contribution in [2.75, 3.05) is 33.2 Å². The average Bonchev–Trinajstić information content (AvgIpc) is 2.75. The minimum Gasteiger partial charge on any atom is -0.390 e. The SMILES string of the molecule is CC1CCN(S(=O)(=O)N(C)[C@@H]2CNC[C@H]2O)CC1. The maximum absolute atomic E-state index is 12.4. The smallest absolute Gasteiger partial charge is 0.282 e. The Bertz CT molecular complexity index is 379. The lowest BCUT2D eigenvalue weighted by Crippen LogP contribution is -2.52. The monoisotopic (exact) mass is 277 g/mol. The Kier molecular flexibility index (Phi) is 4.28. The van der Waals surface area contributed by atoms with E-state index in [-0.39, 0.29) is 6.04 Å². The molecule has 6 nitrogen and oxygen atoms in total.